The summed E-state index contributed by atoms with van der Waals surface area (Å²) in [6.45, 7) is 9.02. The third-order valence-electron chi connectivity index (χ3n) is 18.5. The summed E-state index contributed by atoms with van der Waals surface area (Å²) in [4.78, 5) is 36.5. The molecule has 4 heterocycles. The fourth-order valence-corrected chi connectivity index (χ4v) is 17.5. The molecule has 4 aromatic heterocycles. The Labute approximate surface area is 421 Å². The van der Waals surface area contributed by atoms with Gasteiger partial charge in [0, 0.05) is 71.8 Å². The van der Waals surface area contributed by atoms with E-state index in [1.165, 1.54) is 86.6 Å². The minimum absolute atomic E-state index is 0.110. The number of aromatic nitrogens is 6. The first-order chi connectivity index (χ1) is 33.7. The van der Waals surface area contributed by atoms with Crippen LogP contribution in [0, 0.1) is 37.5 Å². The molecule has 2 N–H and O–H groups in total. The first-order valence-corrected chi connectivity index (χ1v) is 27.9. The van der Waals surface area contributed by atoms with E-state index >= 15 is 0 Å². The van der Waals surface area contributed by atoms with Gasteiger partial charge in [-0.15, -0.1) is 22.7 Å². The number of thiazole rings is 2. The number of phenols is 2. The highest BCUT2D eigenvalue weighted by molar-refractivity contribution is 7.11. The number of fused-ring (bicyclic) bond motifs is 14. The molecule has 2 aromatic carbocycles. The Hall–Kier alpha value is -4.94. The summed E-state index contributed by atoms with van der Waals surface area (Å²) >= 11 is 3.26. The molecular weight excluding hydrogens is 909 g/mol. The summed E-state index contributed by atoms with van der Waals surface area (Å²) in [5.74, 6) is 5.85. The molecule has 12 rings (SSSR count). The van der Waals surface area contributed by atoms with Crippen LogP contribution in [0.3, 0.4) is 0 Å². The predicted molar refractivity (Wildman–Crippen MR) is 276 cm³/mol. The number of hydrogen-bond donors (Lipinski definition) is 2. The first-order valence-electron chi connectivity index (χ1n) is 26.2. The fourth-order valence-electron chi connectivity index (χ4n) is 15.9. The Morgan fingerprint density at radius 3 is 1.73 bits per heavy atom. The second-order valence-electron chi connectivity index (χ2n) is 22.7. The lowest BCUT2D eigenvalue weighted by Gasteiger charge is -2.51. The molecule has 10 nitrogen and oxygen atoms in total. The zero-order chi connectivity index (χ0) is 48.6. The largest absolute Gasteiger partial charge is 0.508 e. The van der Waals surface area contributed by atoms with Gasteiger partial charge in [-0.2, -0.15) is 10.2 Å². The van der Waals surface area contributed by atoms with Crippen molar-refractivity contribution in [2.24, 2.45) is 37.8 Å². The fraction of sp³-hybridized carbons (Fsp3) is 0.552. The number of benzene rings is 2. The van der Waals surface area contributed by atoms with E-state index in [0.29, 0.717) is 96.1 Å². The number of nitrogens with zero attached hydrogens (tertiary/aromatic N) is 6. The van der Waals surface area contributed by atoms with E-state index in [1.807, 2.05) is 62.2 Å². The van der Waals surface area contributed by atoms with E-state index < -0.39 is 0 Å². The summed E-state index contributed by atoms with van der Waals surface area (Å²) in [5.41, 5.74) is 11.5. The number of carbonyl (C=O) groups is 2. The van der Waals surface area contributed by atoms with Gasteiger partial charge in [-0.25, -0.2) is 9.97 Å². The maximum Gasteiger partial charge on any atom is 0.139 e. The summed E-state index contributed by atoms with van der Waals surface area (Å²) < 4.78 is 4.13. The second-order valence-corrected chi connectivity index (χ2v) is 25.3. The molecule has 12 heteroatoms. The van der Waals surface area contributed by atoms with E-state index in [0.717, 1.165) is 55.0 Å². The molecule has 0 amide bonds. The Kier molecular flexibility index (Phi) is 12.6. The summed E-state index contributed by atoms with van der Waals surface area (Å²) in [6.07, 6.45) is 23.4. The lowest BCUT2D eigenvalue weighted by Crippen LogP contribution is -2.45. The van der Waals surface area contributed by atoms with Crippen molar-refractivity contribution in [3.63, 3.8) is 0 Å². The Morgan fingerprint density at radius 2 is 1.20 bits per heavy atom. The van der Waals surface area contributed by atoms with Gasteiger partial charge in [0.1, 0.15) is 33.1 Å². The standard InChI is InChI=1S/2C29H35N3O2S/c1-17-15-30-26(35-17)14-19(33)5-4-6-23-25-16-32(3)31-28(25)29(2)12-11-22-21-10-8-20(34)13-18(21)7-9-24(22)27(23)29;1-17-15-30-26(35-17)14-19(33)5-4-6-23-25-16-31-32(3)28(25)29(2)12-11-22-21-10-8-20(34)13-18(21)7-9-24(22)27(23)29/h2*8,10,13,15-16,22-24,27,34H,4-7,9,11-12,14H2,1-3H3/t2*22-,23+,24-,27+,29+/m11/s1. The summed E-state index contributed by atoms with van der Waals surface area (Å²) in [6, 6.07) is 12.1. The molecule has 0 aliphatic heterocycles. The molecule has 0 radical (unpaired) electrons. The molecule has 0 spiro atoms. The molecule has 10 atom stereocenters. The minimum atomic E-state index is 0.110. The quantitative estimate of drug-likeness (QED) is 0.124. The Morgan fingerprint density at radius 1 is 0.686 bits per heavy atom. The van der Waals surface area contributed by atoms with E-state index in [4.69, 9.17) is 10.2 Å². The Bertz CT molecular complexity index is 2890. The lowest BCUT2D eigenvalue weighted by atomic mass is 9.53. The molecule has 368 valence electrons. The van der Waals surface area contributed by atoms with Crippen molar-refractivity contribution in [2.45, 2.75) is 165 Å². The molecule has 2 saturated carbocycles. The molecule has 70 heavy (non-hydrogen) atoms. The van der Waals surface area contributed by atoms with Gasteiger partial charge in [0.25, 0.3) is 0 Å². The maximum atomic E-state index is 12.7. The van der Waals surface area contributed by atoms with E-state index in [-0.39, 0.29) is 10.8 Å². The second kappa shape index (κ2) is 18.6. The van der Waals surface area contributed by atoms with Crippen LogP contribution in [-0.4, -0.2) is 51.3 Å². The van der Waals surface area contributed by atoms with Crippen LogP contribution in [0.1, 0.15) is 179 Å². The van der Waals surface area contributed by atoms with Gasteiger partial charge in [-0.1, -0.05) is 26.0 Å². The zero-order valence-corrected chi connectivity index (χ0v) is 43.5. The number of aryl methyl sites for hydroxylation is 6. The maximum absolute atomic E-state index is 12.7. The molecular formula is C58H70N6O4S2. The topological polar surface area (TPSA) is 136 Å². The van der Waals surface area contributed by atoms with Crippen molar-refractivity contribution in [3.8, 4) is 11.5 Å². The minimum Gasteiger partial charge on any atom is -0.508 e. The Balaban J connectivity index is 0.000000152. The monoisotopic (exact) mass is 978 g/mol. The van der Waals surface area contributed by atoms with Crippen molar-refractivity contribution >= 4 is 34.2 Å². The third-order valence-corrected chi connectivity index (χ3v) is 20.3. The lowest BCUT2D eigenvalue weighted by molar-refractivity contribution is -0.119. The van der Waals surface area contributed by atoms with Crippen LogP contribution in [0.4, 0.5) is 0 Å². The molecule has 0 bridgehead atoms. The predicted octanol–water partition coefficient (Wildman–Crippen LogP) is 12.0. The van der Waals surface area contributed by atoms with Crippen molar-refractivity contribution in [1.29, 1.82) is 0 Å². The van der Waals surface area contributed by atoms with Crippen LogP contribution < -0.4 is 0 Å². The molecule has 6 aromatic rings. The molecule has 0 unspecified atom stereocenters. The van der Waals surface area contributed by atoms with Crippen molar-refractivity contribution in [3.05, 3.63) is 126 Å². The van der Waals surface area contributed by atoms with Crippen molar-refractivity contribution < 1.29 is 19.8 Å². The SMILES string of the molecule is Cc1cnc(CC(=O)CCC[C@H]2c3cn(C)nc3[C@@]3(C)CC[C@@H]4c5ccc(O)cc5CC[C@H]4[C@H]23)s1.Cc1cnc(CC(=O)CCC[C@H]2c3cnn(C)c3[C@@]3(C)CC[C@@H]4c5ccc(O)cc5CC[C@H]4[C@H]23)s1. The number of phenolic OH excluding ortho intramolecular Hbond substituents is 2. The van der Waals surface area contributed by atoms with Gasteiger partial charge in [-0.05, 0) is 196 Å². The normalized spacial score (nSPS) is 28.8. The highest BCUT2D eigenvalue weighted by atomic mass is 32.1. The van der Waals surface area contributed by atoms with E-state index in [1.54, 1.807) is 22.7 Å². The highest BCUT2D eigenvalue weighted by Gasteiger charge is 2.60. The van der Waals surface area contributed by atoms with Gasteiger partial charge >= 0.3 is 0 Å². The van der Waals surface area contributed by atoms with Crippen LogP contribution in [0.5, 0.6) is 11.5 Å². The molecule has 0 saturated heterocycles. The van der Waals surface area contributed by atoms with Crippen LogP contribution in [0.2, 0.25) is 0 Å². The first kappa shape index (κ1) is 47.4. The van der Waals surface area contributed by atoms with Gasteiger partial charge in [-0.3, -0.25) is 19.0 Å². The average Bonchev–Trinajstić information content (AvgIpc) is 4.18. The zero-order valence-electron chi connectivity index (χ0n) is 41.9. The number of ketones is 2. The number of hydrogen-bond acceptors (Lipinski definition) is 10. The van der Waals surface area contributed by atoms with Crippen molar-refractivity contribution in [2.75, 3.05) is 0 Å². The number of rotatable bonds is 12. The third kappa shape index (κ3) is 8.40. The summed E-state index contributed by atoms with van der Waals surface area (Å²) in [5, 5.41) is 31.6. The smallest absolute Gasteiger partial charge is 0.139 e. The molecule has 2 fully saturated rings. The van der Waals surface area contributed by atoms with Gasteiger partial charge < -0.3 is 10.2 Å². The van der Waals surface area contributed by atoms with Crippen LogP contribution in [0.15, 0.2) is 61.2 Å². The number of carbonyl (C=O) groups excluding carboxylic acids is 2. The van der Waals surface area contributed by atoms with Gasteiger partial charge in [0.05, 0.1) is 24.7 Å². The average molecular weight is 979 g/mol. The molecule has 6 aliphatic carbocycles. The summed E-state index contributed by atoms with van der Waals surface area (Å²) in [7, 11) is 4.15. The van der Waals surface area contributed by atoms with Gasteiger partial charge in [0.15, 0.2) is 0 Å². The van der Waals surface area contributed by atoms with E-state index in [9.17, 15) is 19.8 Å². The van der Waals surface area contributed by atoms with Gasteiger partial charge in [0.2, 0.25) is 0 Å². The van der Waals surface area contributed by atoms with Crippen LogP contribution in [0.25, 0.3) is 0 Å². The highest BCUT2D eigenvalue weighted by Crippen LogP contribution is 2.66. The van der Waals surface area contributed by atoms with Crippen LogP contribution >= 0.6 is 22.7 Å². The number of aromatic hydroxyl groups is 2. The number of Topliss-reactive ketones (excluding diaryl/α,β-unsaturated/α-hetero) is 2. The molecule has 6 aliphatic rings. The van der Waals surface area contributed by atoms with Crippen LogP contribution in [-0.2, 0) is 60.2 Å². The van der Waals surface area contributed by atoms with Crippen molar-refractivity contribution in [1.82, 2.24) is 29.5 Å². The van der Waals surface area contributed by atoms with E-state index in [2.05, 4.69) is 60.1 Å².